The van der Waals surface area contributed by atoms with Gasteiger partial charge in [0.2, 0.25) is 11.8 Å². The standard InChI is InChI=1S/C12H16N2O2/c1-9-4-3-5-11(8-9)14(10(2)15)7-6-12(13)16/h3-5,8H,6-7H2,1-2H3,(H2,13,16). The third-order valence-corrected chi connectivity index (χ3v) is 2.28. The fourth-order valence-corrected chi connectivity index (χ4v) is 1.49. The molecule has 1 rings (SSSR count). The zero-order valence-electron chi connectivity index (χ0n) is 9.56. The molecule has 2 amide bonds. The third-order valence-electron chi connectivity index (χ3n) is 2.28. The lowest BCUT2D eigenvalue weighted by atomic mass is 10.2. The van der Waals surface area contributed by atoms with Crippen LogP contribution in [0.1, 0.15) is 18.9 Å². The van der Waals surface area contributed by atoms with Gasteiger partial charge < -0.3 is 10.6 Å². The summed E-state index contributed by atoms with van der Waals surface area (Å²) in [5, 5.41) is 0. The molecular formula is C12H16N2O2. The minimum Gasteiger partial charge on any atom is -0.370 e. The molecule has 0 aliphatic rings. The highest BCUT2D eigenvalue weighted by atomic mass is 16.2. The van der Waals surface area contributed by atoms with Gasteiger partial charge in [-0.3, -0.25) is 9.59 Å². The molecule has 86 valence electrons. The van der Waals surface area contributed by atoms with Crippen LogP contribution >= 0.6 is 0 Å². The van der Waals surface area contributed by atoms with Crippen molar-refractivity contribution in [3.8, 4) is 0 Å². The van der Waals surface area contributed by atoms with Gasteiger partial charge in [0.05, 0.1) is 0 Å². The molecule has 0 aromatic heterocycles. The Balaban J connectivity index is 2.85. The summed E-state index contributed by atoms with van der Waals surface area (Å²) in [4.78, 5) is 23.7. The first-order valence-corrected chi connectivity index (χ1v) is 5.14. The van der Waals surface area contributed by atoms with E-state index >= 15 is 0 Å². The van der Waals surface area contributed by atoms with Crippen molar-refractivity contribution in [2.75, 3.05) is 11.4 Å². The SMILES string of the molecule is CC(=O)N(CCC(N)=O)c1cccc(C)c1. The van der Waals surface area contributed by atoms with Gasteiger partial charge in [-0.05, 0) is 24.6 Å². The van der Waals surface area contributed by atoms with Gasteiger partial charge in [0.15, 0.2) is 0 Å². The number of hydrogen-bond acceptors (Lipinski definition) is 2. The summed E-state index contributed by atoms with van der Waals surface area (Å²) in [6, 6.07) is 7.58. The predicted octanol–water partition coefficient (Wildman–Crippen LogP) is 1.22. The van der Waals surface area contributed by atoms with Crippen molar-refractivity contribution >= 4 is 17.5 Å². The number of nitrogens with zero attached hydrogens (tertiary/aromatic N) is 1. The second kappa shape index (κ2) is 5.30. The van der Waals surface area contributed by atoms with Crippen molar-refractivity contribution in [2.24, 2.45) is 5.73 Å². The molecule has 0 unspecified atom stereocenters. The van der Waals surface area contributed by atoms with Crippen LogP contribution in [0.3, 0.4) is 0 Å². The Labute approximate surface area is 95.0 Å². The highest BCUT2D eigenvalue weighted by molar-refractivity contribution is 5.92. The van der Waals surface area contributed by atoms with E-state index in [9.17, 15) is 9.59 Å². The Morgan fingerprint density at radius 1 is 1.38 bits per heavy atom. The van der Waals surface area contributed by atoms with E-state index in [0.717, 1.165) is 11.3 Å². The number of amides is 2. The normalized spacial score (nSPS) is 9.88. The van der Waals surface area contributed by atoms with E-state index in [4.69, 9.17) is 5.73 Å². The van der Waals surface area contributed by atoms with Crippen molar-refractivity contribution in [1.29, 1.82) is 0 Å². The topological polar surface area (TPSA) is 63.4 Å². The van der Waals surface area contributed by atoms with E-state index in [-0.39, 0.29) is 12.3 Å². The van der Waals surface area contributed by atoms with Gasteiger partial charge in [-0.15, -0.1) is 0 Å². The molecule has 0 saturated carbocycles. The number of carbonyl (C=O) groups is 2. The highest BCUT2D eigenvalue weighted by Crippen LogP contribution is 2.16. The van der Waals surface area contributed by atoms with Crippen molar-refractivity contribution in [3.05, 3.63) is 29.8 Å². The third kappa shape index (κ3) is 3.38. The van der Waals surface area contributed by atoms with Crippen LogP contribution in [-0.4, -0.2) is 18.4 Å². The summed E-state index contributed by atoms with van der Waals surface area (Å²) in [6.45, 7) is 3.76. The Kier molecular flexibility index (Phi) is 4.05. The molecule has 0 atom stereocenters. The van der Waals surface area contributed by atoms with E-state index < -0.39 is 5.91 Å². The molecule has 1 aromatic rings. The first-order chi connectivity index (χ1) is 7.50. The van der Waals surface area contributed by atoms with Crippen LogP contribution in [0.15, 0.2) is 24.3 Å². The van der Waals surface area contributed by atoms with Crippen LogP contribution in [0.4, 0.5) is 5.69 Å². The van der Waals surface area contributed by atoms with Crippen molar-refractivity contribution in [1.82, 2.24) is 0 Å². The van der Waals surface area contributed by atoms with E-state index in [1.807, 2.05) is 31.2 Å². The molecule has 0 bridgehead atoms. The molecule has 0 fully saturated rings. The van der Waals surface area contributed by atoms with Crippen molar-refractivity contribution in [2.45, 2.75) is 20.3 Å². The average Bonchev–Trinajstić information content (AvgIpc) is 2.17. The largest absolute Gasteiger partial charge is 0.370 e. The van der Waals surface area contributed by atoms with Crippen LogP contribution in [0.5, 0.6) is 0 Å². The number of rotatable bonds is 4. The Morgan fingerprint density at radius 2 is 2.06 bits per heavy atom. The van der Waals surface area contributed by atoms with Gasteiger partial charge in [0.1, 0.15) is 0 Å². The molecule has 0 radical (unpaired) electrons. The molecule has 4 nitrogen and oxygen atoms in total. The average molecular weight is 220 g/mol. The maximum absolute atomic E-state index is 11.4. The van der Waals surface area contributed by atoms with Gasteiger partial charge in [0, 0.05) is 25.6 Å². The molecule has 2 N–H and O–H groups in total. The number of primary amides is 1. The lowest BCUT2D eigenvalue weighted by molar-refractivity contribution is -0.118. The number of hydrogen-bond donors (Lipinski definition) is 1. The molecule has 0 spiro atoms. The monoisotopic (exact) mass is 220 g/mol. The molecular weight excluding hydrogens is 204 g/mol. The lowest BCUT2D eigenvalue weighted by Crippen LogP contribution is -2.32. The fourth-order valence-electron chi connectivity index (χ4n) is 1.49. The summed E-state index contributed by atoms with van der Waals surface area (Å²) in [7, 11) is 0. The zero-order valence-corrected chi connectivity index (χ0v) is 9.56. The van der Waals surface area contributed by atoms with Crippen molar-refractivity contribution < 1.29 is 9.59 Å². The van der Waals surface area contributed by atoms with Crippen LogP contribution < -0.4 is 10.6 Å². The quantitative estimate of drug-likeness (QED) is 0.829. The number of benzene rings is 1. The summed E-state index contributed by atoms with van der Waals surface area (Å²) < 4.78 is 0. The maximum Gasteiger partial charge on any atom is 0.223 e. The van der Waals surface area contributed by atoms with Gasteiger partial charge in [-0.25, -0.2) is 0 Å². The molecule has 4 heteroatoms. The maximum atomic E-state index is 11.4. The van der Waals surface area contributed by atoms with Crippen LogP contribution in [0.2, 0.25) is 0 Å². The Bertz CT molecular complexity index is 402. The smallest absolute Gasteiger partial charge is 0.223 e. The summed E-state index contributed by atoms with van der Waals surface area (Å²) >= 11 is 0. The first kappa shape index (κ1) is 12.2. The molecule has 0 saturated heterocycles. The first-order valence-electron chi connectivity index (χ1n) is 5.14. The molecule has 0 heterocycles. The highest BCUT2D eigenvalue weighted by Gasteiger charge is 2.12. The number of carbonyl (C=O) groups excluding carboxylic acids is 2. The second-order valence-electron chi connectivity index (χ2n) is 3.73. The van der Waals surface area contributed by atoms with E-state index in [2.05, 4.69) is 0 Å². The van der Waals surface area contributed by atoms with Crippen LogP contribution in [-0.2, 0) is 9.59 Å². The van der Waals surface area contributed by atoms with Gasteiger partial charge in [-0.2, -0.15) is 0 Å². The molecule has 0 aliphatic heterocycles. The minimum absolute atomic E-state index is 0.0909. The molecule has 1 aromatic carbocycles. The fraction of sp³-hybridized carbons (Fsp3) is 0.333. The van der Waals surface area contributed by atoms with Crippen LogP contribution in [0.25, 0.3) is 0 Å². The van der Waals surface area contributed by atoms with Crippen molar-refractivity contribution in [3.63, 3.8) is 0 Å². The molecule has 16 heavy (non-hydrogen) atoms. The van der Waals surface area contributed by atoms with Crippen LogP contribution in [0, 0.1) is 6.92 Å². The molecule has 0 aliphatic carbocycles. The van der Waals surface area contributed by atoms with E-state index in [1.54, 1.807) is 4.90 Å². The van der Waals surface area contributed by atoms with Gasteiger partial charge in [-0.1, -0.05) is 12.1 Å². The zero-order chi connectivity index (χ0) is 12.1. The predicted molar refractivity (Wildman–Crippen MR) is 63.0 cm³/mol. The Hall–Kier alpha value is -1.84. The lowest BCUT2D eigenvalue weighted by Gasteiger charge is -2.20. The minimum atomic E-state index is -0.404. The van der Waals surface area contributed by atoms with Gasteiger partial charge >= 0.3 is 0 Å². The van der Waals surface area contributed by atoms with Gasteiger partial charge in [0.25, 0.3) is 0 Å². The number of aryl methyl sites for hydroxylation is 1. The number of nitrogens with two attached hydrogens (primary N) is 1. The summed E-state index contributed by atoms with van der Waals surface area (Å²) in [6.07, 6.45) is 0.174. The Morgan fingerprint density at radius 3 is 2.56 bits per heavy atom. The van der Waals surface area contributed by atoms with E-state index in [0.29, 0.717) is 6.54 Å². The number of anilines is 1. The summed E-state index contributed by atoms with van der Waals surface area (Å²) in [5.74, 6) is -0.495. The second-order valence-corrected chi connectivity index (χ2v) is 3.73. The van der Waals surface area contributed by atoms with E-state index in [1.165, 1.54) is 6.92 Å². The summed E-state index contributed by atoms with van der Waals surface area (Å²) in [5.41, 5.74) is 6.94.